The number of hydrogen-bond acceptors (Lipinski definition) is 3. The quantitative estimate of drug-likeness (QED) is 0.405. The summed E-state index contributed by atoms with van der Waals surface area (Å²) in [5.74, 6) is 2.91. The van der Waals surface area contributed by atoms with E-state index in [0.29, 0.717) is 0 Å². The van der Waals surface area contributed by atoms with Crippen LogP contribution in [0.5, 0.6) is 11.5 Å². The Bertz CT molecular complexity index is 1280. The molecule has 185 valence electrons. The van der Waals surface area contributed by atoms with Crippen molar-refractivity contribution in [2.45, 2.75) is 38.3 Å². The molecule has 0 saturated heterocycles. The molecule has 0 atom stereocenters. The van der Waals surface area contributed by atoms with Crippen LogP contribution in [0.1, 0.15) is 42.0 Å². The molecule has 0 bridgehead atoms. The minimum absolute atomic E-state index is 0. The van der Waals surface area contributed by atoms with Crippen molar-refractivity contribution in [3.8, 4) is 22.6 Å². The summed E-state index contributed by atoms with van der Waals surface area (Å²) in [6.45, 7) is 4.66. The predicted molar refractivity (Wildman–Crippen MR) is 137 cm³/mol. The molecule has 2 aliphatic carbocycles. The van der Waals surface area contributed by atoms with Gasteiger partial charge >= 0.3 is 217 Å². The maximum Gasteiger partial charge on any atom is -1.00 e. The summed E-state index contributed by atoms with van der Waals surface area (Å²) in [4.78, 5) is 0. The first-order valence-electron chi connectivity index (χ1n) is 11.9. The smallest absolute Gasteiger partial charge is 1.00 e. The molecular weight excluding hydrogens is 543 g/mol. The van der Waals surface area contributed by atoms with Gasteiger partial charge in [-0.2, -0.15) is 0 Å². The molecule has 0 radical (unpaired) electrons. The fourth-order valence-electron chi connectivity index (χ4n) is 5.64. The van der Waals surface area contributed by atoms with Crippen molar-refractivity contribution in [2.75, 3.05) is 14.2 Å². The molecule has 0 aromatic heterocycles. The summed E-state index contributed by atoms with van der Waals surface area (Å²) >= 11 is 1.85. The summed E-state index contributed by atoms with van der Waals surface area (Å²) in [5.41, 5.74) is 9.03. The van der Waals surface area contributed by atoms with E-state index in [1.807, 2.05) is 20.8 Å². The fraction of sp³-hybridized carbons (Fsp3) is 0.276. The first-order valence-corrected chi connectivity index (χ1v) is 14.4. The van der Waals surface area contributed by atoms with Crippen molar-refractivity contribution < 1.29 is 58.4 Å². The zero-order chi connectivity index (χ0) is 23.8. The Hall–Kier alpha value is -1.82. The van der Waals surface area contributed by atoms with E-state index in [1.165, 1.54) is 56.2 Å². The predicted octanol–water partition coefficient (Wildman–Crippen LogP) is 0.559. The molecule has 0 fully saturated rings. The molecule has 7 heteroatoms. The maximum atomic E-state index is 6.32. The molecule has 0 heterocycles. The number of allylic oxidation sites excluding steroid dienone is 2. The zero-order valence-electron chi connectivity index (χ0n) is 21.0. The van der Waals surface area contributed by atoms with Crippen LogP contribution in [-0.2, 0) is 30.6 Å². The number of hydrogen-bond donors (Lipinski definition) is 0. The normalized spacial score (nSPS) is 13.7. The van der Waals surface area contributed by atoms with Crippen molar-refractivity contribution in [1.82, 2.24) is 0 Å². The van der Waals surface area contributed by atoms with Crippen LogP contribution in [0.4, 0.5) is 0 Å². The number of rotatable bonds is 6. The summed E-state index contributed by atoms with van der Waals surface area (Å²) in [6.07, 6.45) is 0.988. The zero-order valence-corrected chi connectivity index (χ0v) is 25.0. The molecule has 0 amide bonds. The summed E-state index contributed by atoms with van der Waals surface area (Å²) in [6, 6.07) is 24.2. The van der Waals surface area contributed by atoms with E-state index in [2.05, 4.69) is 74.5 Å². The maximum absolute atomic E-state index is 6.32. The molecule has 36 heavy (non-hydrogen) atoms. The van der Waals surface area contributed by atoms with Gasteiger partial charge in [-0.3, -0.25) is 0 Å². The van der Waals surface area contributed by atoms with Crippen molar-refractivity contribution in [3.63, 3.8) is 0 Å². The van der Waals surface area contributed by atoms with Crippen LogP contribution in [0.3, 0.4) is 0 Å². The summed E-state index contributed by atoms with van der Waals surface area (Å²) in [5, 5.41) is 1.52. The van der Waals surface area contributed by atoms with Gasteiger partial charge in [-0.1, -0.05) is 0 Å². The van der Waals surface area contributed by atoms with E-state index < -0.39 is 8.41 Å². The first-order chi connectivity index (χ1) is 16.6. The number of ether oxygens (including phenoxy) is 2. The monoisotopic (exact) mass is 571 g/mol. The minimum Gasteiger partial charge on any atom is -1.00 e. The Labute approximate surface area is 240 Å². The van der Waals surface area contributed by atoms with Crippen molar-refractivity contribution in [1.29, 1.82) is 0 Å². The van der Waals surface area contributed by atoms with Gasteiger partial charge in [-0.25, -0.2) is 0 Å². The molecule has 0 unspecified atom stereocenters. The summed E-state index contributed by atoms with van der Waals surface area (Å²) < 4.78 is 17.6. The molecule has 0 aliphatic heterocycles. The third-order valence-electron chi connectivity index (χ3n) is 7.29. The van der Waals surface area contributed by atoms with Gasteiger partial charge in [-0.05, 0) is 0 Å². The third-order valence-corrected chi connectivity index (χ3v) is 10.6. The Morgan fingerprint density at radius 1 is 0.806 bits per heavy atom. The van der Waals surface area contributed by atoms with Crippen molar-refractivity contribution in [2.24, 2.45) is 0 Å². The van der Waals surface area contributed by atoms with E-state index in [4.69, 9.17) is 12.8 Å². The Morgan fingerprint density at radius 2 is 1.36 bits per heavy atom. The van der Waals surface area contributed by atoms with Gasteiger partial charge in [0.15, 0.2) is 0 Å². The number of halogens is 2. The van der Waals surface area contributed by atoms with Gasteiger partial charge < -0.3 is 24.8 Å². The van der Waals surface area contributed by atoms with Crippen LogP contribution >= 0.6 is 0 Å². The second kappa shape index (κ2) is 12.2. The van der Waals surface area contributed by atoms with Crippen molar-refractivity contribution in [3.05, 3.63) is 88.7 Å². The standard InChI is InChI=1S/C29H30O3Si.2ClH.Ti/c1-5-33(6-2)26-15-18-9-7-8-10-21(18)28(29(26)30)27-24-16-19(31-3)11-13-22(24)23-14-12-20(32-4)17-25(23)27;;;/h7-14,16-17,27,30H,5-6,15H2,1-4H3;2*1H;/q;;;+3/p-3. The molecule has 0 saturated carbocycles. The van der Waals surface area contributed by atoms with Crippen LogP contribution in [0.2, 0.25) is 12.1 Å². The molecule has 2 aliphatic rings. The van der Waals surface area contributed by atoms with Gasteiger partial charge in [0, 0.05) is 0 Å². The van der Waals surface area contributed by atoms with Gasteiger partial charge in [0.05, 0.1) is 0 Å². The largest absolute Gasteiger partial charge is 1.00 e. The van der Waals surface area contributed by atoms with Crippen LogP contribution < -0.4 is 34.3 Å². The van der Waals surface area contributed by atoms with Crippen LogP contribution in [0.15, 0.2) is 66.4 Å². The SMILES string of the molecule is CC[Si](CC)=C1Cc2ccccc2C(C2c3cc(OC)ccc3-c3ccc(OC)cc32)=C1[O][Ti+2].[Cl-].[Cl-]. The Kier molecular flexibility index (Phi) is 9.70. The van der Waals surface area contributed by atoms with Gasteiger partial charge in [0.1, 0.15) is 0 Å². The molecule has 3 aromatic carbocycles. The van der Waals surface area contributed by atoms with Gasteiger partial charge in [0.25, 0.3) is 0 Å². The second-order valence-electron chi connectivity index (χ2n) is 8.81. The van der Waals surface area contributed by atoms with Crippen LogP contribution in [0.25, 0.3) is 16.7 Å². The van der Waals surface area contributed by atoms with Crippen LogP contribution in [0, 0.1) is 0 Å². The van der Waals surface area contributed by atoms with E-state index >= 15 is 0 Å². The molecule has 0 spiro atoms. The van der Waals surface area contributed by atoms with E-state index in [-0.39, 0.29) is 30.7 Å². The average molecular weight is 572 g/mol. The molecule has 0 N–H and O–H groups in total. The van der Waals surface area contributed by atoms with E-state index in [9.17, 15) is 0 Å². The second-order valence-corrected chi connectivity index (χ2v) is 12.4. The number of benzene rings is 3. The topological polar surface area (TPSA) is 27.7 Å². The molecule has 3 aromatic rings. The van der Waals surface area contributed by atoms with Crippen molar-refractivity contribution >= 4 is 19.2 Å². The Morgan fingerprint density at radius 3 is 1.86 bits per heavy atom. The van der Waals surface area contributed by atoms with Gasteiger partial charge in [-0.15, -0.1) is 0 Å². The summed E-state index contributed by atoms with van der Waals surface area (Å²) in [7, 11) is 2.79. The van der Waals surface area contributed by atoms with E-state index in [1.54, 1.807) is 14.2 Å². The molecule has 5 rings (SSSR count). The first kappa shape index (κ1) is 28.7. The minimum atomic E-state index is -0.681. The number of fused-ring (bicyclic) bond motifs is 4. The molecule has 3 nitrogen and oxygen atoms in total. The van der Waals surface area contributed by atoms with Crippen LogP contribution in [-0.4, -0.2) is 27.8 Å². The fourth-order valence-corrected chi connectivity index (χ4v) is 8.46. The third kappa shape index (κ3) is 4.75. The van der Waals surface area contributed by atoms with Gasteiger partial charge in [0.2, 0.25) is 0 Å². The average Bonchev–Trinajstić information content (AvgIpc) is 3.20. The Balaban J connectivity index is 0.00000180. The van der Waals surface area contributed by atoms with E-state index in [0.717, 1.165) is 23.7 Å². The number of methoxy groups -OCH3 is 2. The molecular formula is C29H29Cl2O3SiTi.